The topological polar surface area (TPSA) is 58.2 Å². The molecule has 4 nitrogen and oxygen atoms in total. The van der Waals surface area contributed by atoms with E-state index < -0.39 is 0 Å². The van der Waals surface area contributed by atoms with Crippen molar-refractivity contribution in [1.29, 1.82) is 0 Å². The highest BCUT2D eigenvalue weighted by atomic mass is 33.1. The number of carbonyl (C=O) groups is 2. The normalized spacial score (nSPS) is 25.7. The first-order valence-corrected chi connectivity index (χ1v) is 11.3. The minimum atomic E-state index is -0.327. The highest BCUT2D eigenvalue weighted by Crippen LogP contribution is 2.27. The van der Waals surface area contributed by atoms with Gasteiger partial charge in [0, 0.05) is 28.9 Å². The van der Waals surface area contributed by atoms with Crippen molar-refractivity contribution in [3.8, 4) is 0 Å². The summed E-state index contributed by atoms with van der Waals surface area (Å²) >= 11 is 0. The van der Waals surface area contributed by atoms with Crippen molar-refractivity contribution < 1.29 is 9.59 Å². The summed E-state index contributed by atoms with van der Waals surface area (Å²) in [4.78, 5) is 25.0. The lowest BCUT2D eigenvalue weighted by Crippen LogP contribution is -2.49. The fraction of sp³-hybridized carbons (Fsp3) is 0.889. The lowest BCUT2D eigenvalue weighted by molar-refractivity contribution is -0.128. The zero-order chi connectivity index (χ0) is 18.4. The Morgan fingerprint density at radius 1 is 1.08 bits per heavy atom. The van der Waals surface area contributed by atoms with Gasteiger partial charge in [0.1, 0.15) is 0 Å². The third-order valence-electron chi connectivity index (χ3n) is 3.85. The highest BCUT2D eigenvalue weighted by molar-refractivity contribution is 8.76. The minimum absolute atomic E-state index is 0.0745. The van der Waals surface area contributed by atoms with E-state index in [0.717, 1.165) is 30.9 Å². The van der Waals surface area contributed by atoms with E-state index in [0.29, 0.717) is 12.2 Å². The predicted octanol–water partition coefficient (Wildman–Crippen LogP) is 3.45. The summed E-state index contributed by atoms with van der Waals surface area (Å²) in [6.45, 7) is 13.0. The van der Waals surface area contributed by atoms with Gasteiger partial charge in [-0.2, -0.15) is 0 Å². The molecule has 1 rings (SSSR count). The Bertz CT molecular complexity index is 424. The van der Waals surface area contributed by atoms with E-state index in [-0.39, 0.29) is 28.8 Å². The van der Waals surface area contributed by atoms with Crippen molar-refractivity contribution in [2.45, 2.75) is 78.4 Å². The smallest absolute Gasteiger partial charge is 0.155 e. The molecule has 2 N–H and O–H groups in total. The molecule has 1 unspecified atom stereocenters. The molecule has 1 fully saturated rings. The summed E-state index contributed by atoms with van der Waals surface area (Å²) in [5.41, 5.74) is -0.402. The standard InChI is InChI=1S/C18H34N2O2S2/c1-17(2,3)16(22)14-12-24-23-11-13(20-18(4,5)6)15(21)9-7-8-10-19-14/h13-14,19-20H,7-12H2,1-6H3/t13-,14?/m0/s1. The molecular weight excluding hydrogens is 340 g/mol. The van der Waals surface area contributed by atoms with Gasteiger partial charge in [0.05, 0.1) is 12.1 Å². The van der Waals surface area contributed by atoms with Gasteiger partial charge in [-0.15, -0.1) is 0 Å². The van der Waals surface area contributed by atoms with Crippen molar-refractivity contribution in [3.05, 3.63) is 0 Å². The van der Waals surface area contributed by atoms with E-state index in [1.807, 2.05) is 20.8 Å². The van der Waals surface area contributed by atoms with E-state index in [4.69, 9.17) is 0 Å². The zero-order valence-electron chi connectivity index (χ0n) is 16.0. The maximum absolute atomic E-state index is 12.6. The second-order valence-electron chi connectivity index (χ2n) is 8.56. The number of hydrogen-bond acceptors (Lipinski definition) is 6. The van der Waals surface area contributed by atoms with E-state index >= 15 is 0 Å². The molecule has 1 aliphatic heterocycles. The molecule has 0 radical (unpaired) electrons. The van der Waals surface area contributed by atoms with Crippen molar-refractivity contribution in [1.82, 2.24) is 10.6 Å². The third kappa shape index (κ3) is 8.37. The minimum Gasteiger partial charge on any atom is -0.307 e. The molecule has 1 aliphatic rings. The van der Waals surface area contributed by atoms with Crippen LogP contribution in [0, 0.1) is 5.41 Å². The fourth-order valence-corrected chi connectivity index (χ4v) is 4.99. The molecule has 6 heteroatoms. The Morgan fingerprint density at radius 3 is 2.29 bits per heavy atom. The summed E-state index contributed by atoms with van der Waals surface area (Å²) in [6, 6.07) is -0.210. The maximum atomic E-state index is 12.6. The number of hydrogen-bond donors (Lipinski definition) is 2. The quantitative estimate of drug-likeness (QED) is 0.722. The van der Waals surface area contributed by atoms with Crippen LogP contribution in [0.2, 0.25) is 0 Å². The van der Waals surface area contributed by atoms with Crippen molar-refractivity contribution in [2.75, 3.05) is 18.1 Å². The molecule has 0 amide bonds. The van der Waals surface area contributed by atoms with Crippen LogP contribution in [0.4, 0.5) is 0 Å². The molecule has 140 valence electrons. The summed E-state index contributed by atoms with van der Waals surface area (Å²) in [7, 11) is 3.39. The summed E-state index contributed by atoms with van der Waals surface area (Å²) in [6.07, 6.45) is 2.42. The number of rotatable bonds is 2. The SMILES string of the molecule is CC(C)(C)N[C@H]1CSSCC(C(=O)C(C)(C)C)NCCCCC1=O. The second kappa shape index (κ2) is 9.60. The van der Waals surface area contributed by atoms with Gasteiger partial charge in [-0.05, 0) is 40.2 Å². The first-order valence-electron chi connectivity index (χ1n) is 8.83. The molecule has 0 aliphatic carbocycles. The molecule has 1 saturated heterocycles. The van der Waals surface area contributed by atoms with Gasteiger partial charge < -0.3 is 10.6 Å². The third-order valence-corrected chi connectivity index (χ3v) is 6.27. The fourth-order valence-electron chi connectivity index (χ4n) is 2.59. The van der Waals surface area contributed by atoms with E-state index in [9.17, 15) is 9.59 Å². The van der Waals surface area contributed by atoms with Gasteiger partial charge in [-0.1, -0.05) is 42.4 Å². The maximum Gasteiger partial charge on any atom is 0.155 e. The molecule has 0 spiro atoms. The number of Topliss-reactive ketones (excluding diaryl/α,β-unsaturated/α-hetero) is 2. The lowest BCUT2D eigenvalue weighted by atomic mass is 9.87. The van der Waals surface area contributed by atoms with Gasteiger partial charge in [-0.25, -0.2) is 0 Å². The summed E-state index contributed by atoms with van der Waals surface area (Å²) in [5.74, 6) is 2.07. The lowest BCUT2D eigenvalue weighted by Gasteiger charge is -2.29. The Morgan fingerprint density at radius 2 is 1.71 bits per heavy atom. The summed E-state index contributed by atoms with van der Waals surface area (Å²) in [5, 5.41) is 6.85. The average Bonchev–Trinajstić information content (AvgIpc) is 2.43. The highest BCUT2D eigenvalue weighted by Gasteiger charge is 2.30. The second-order valence-corrected chi connectivity index (χ2v) is 11.1. The van der Waals surface area contributed by atoms with Crippen molar-refractivity contribution in [2.24, 2.45) is 5.41 Å². The van der Waals surface area contributed by atoms with E-state index in [1.165, 1.54) is 0 Å². The molecule has 0 saturated carbocycles. The van der Waals surface area contributed by atoms with Crippen molar-refractivity contribution >= 4 is 33.2 Å². The molecule has 0 aromatic heterocycles. The summed E-state index contributed by atoms with van der Waals surface area (Å²) < 4.78 is 0. The van der Waals surface area contributed by atoms with Crippen LogP contribution in [0.1, 0.15) is 60.8 Å². The van der Waals surface area contributed by atoms with Gasteiger partial charge in [-0.3, -0.25) is 9.59 Å². The van der Waals surface area contributed by atoms with Gasteiger partial charge in [0.15, 0.2) is 11.6 Å². The van der Waals surface area contributed by atoms with Crippen LogP contribution >= 0.6 is 21.6 Å². The van der Waals surface area contributed by atoms with Gasteiger partial charge in [0.2, 0.25) is 0 Å². The molecule has 24 heavy (non-hydrogen) atoms. The van der Waals surface area contributed by atoms with Crippen LogP contribution < -0.4 is 10.6 Å². The number of carbonyl (C=O) groups excluding carboxylic acids is 2. The first kappa shape index (κ1) is 22.0. The largest absolute Gasteiger partial charge is 0.307 e. The Balaban J connectivity index is 2.69. The van der Waals surface area contributed by atoms with Crippen molar-refractivity contribution in [3.63, 3.8) is 0 Å². The Hall–Kier alpha value is -0.0400. The van der Waals surface area contributed by atoms with Gasteiger partial charge >= 0.3 is 0 Å². The molecule has 2 atom stereocenters. The van der Waals surface area contributed by atoms with Gasteiger partial charge in [0.25, 0.3) is 0 Å². The number of ketones is 2. The van der Waals surface area contributed by atoms with Crippen LogP contribution in [-0.4, -0.2) is 47.2 Å². The Kier molecular flexibility index (Phi) is 8.80. The first-order chi connectivity index (χ1) is 11.0. The molecule has 0 aromatic carbocycles. The van der Waals surface area contributed by atoms with Crippen LogP contribution in [0.3, 0.4) is 0 Å². The monoisotopic (exact) mass is 374 g/mol. The van der Waals surface area contributed by atoms with Crippen LogP contribution in [0.25, 0.3) is 0 Å². The van der Waals surface area contributed by atoms with E-state index in [2.05, 4.69) is 31.4 Å². The molecular formula is C18H34N2O2S2. The Labute approximate surface area is 155 Å². The molecule has 0 aromatic rings. The molecule has 0 bridgehead atoms. The van der Waals surface area contributed by atoms with Crippen LogP contribution in [0.15, 0.2) is 0 Å². The van der Waals surface area contributed by atoms with Crippen LogP contribution in [-0.2, 0) is 9.59 Å². The molecule has 1 heterocycles. The predicted molar refractivity (Wildman–Crippen MR) is 107 cm³/mol. The zero-order valence-corrected chi connectivity index (χ0v) is 17.7. The van der Waals surface area contributed by atoms with Crippen LogP contribution in [0.5, 0.6) is 0 Å². The van der Waals surface area contributed by atoms with E-state index in [1.54, 1.807) is 21.6 Å². The number of nitrogens with one attached hydrogen (secondary N) is 2. The average molecular weight is 375 g/mol.